The molecule has 0 aromatic carbocycles. The van der Waals surface area contributed by atoms with E-state index in [1.807, 2.05) is 4.90 Å². The van der Waals surface area contributed by atoms with E-state index in [0.29, 0.717) is 32.1 Å². The number of hydrogen-bond acceptors (Lipinski definition) is 6. The Morgan fingerprint density at radius 3 is 2.18 bits per heavy atom. The molecule has 9 heteroatoms. The van der Waals surface area contributed by atoms with Crippen LogP contribution in [0.5, 0.6) is 0 Å². The van der Waals surface area contributed by atoms with Gasteiger partial charge in [0, 0.05) is 32.4 Å². The molecular formula is C13H13F3N6. The maximum Gasteiger partial charge on any atom is 0.419 e. The van der Waals surface area contributed by atoms with Crippen molar-refractivity contribution in [3.05, 3.63) is 36.5 Å². The summed E-state index contributed by atoms with van der Waals surface area (Å²) in [4.78, 5) is 19.3. The molecule has 1 fully saturated rings. The summed E-state index contributed by atoms with van der Waals surface area (Å²) >= 11 is 0. The van der Waals surface area contributed by atoms with Crippen molar-refractivity contribution in [1.82, 2.24) is 19.9 Å². The predicted octanol–water partition coefficient (Wildman–Crippen LogP) is 1.61. The van der Waals surface area contributed by atoms with E-state index in [1.165, 1.54) is 24.9 Å². The van der Waals surface area contributed by atoms with Crippen molar-refractivity contribution in [2.75, 3.05) is 36.0 Å². The van der Waals surface area contributed by atoms with Gasteiger partial charge in [0.25, 0.3) is 0 Å². The molecule has 3 rings (SSSR count). The second kappa shape index (κ2) is 5.74. The molecule has 0 saturated carbocycles. The molecule has 0 N–H and O–H groups in total. The zero-order valence-corrected chi connectivity index (χ0v) is 11.5. The van der Waals surface area contributed by atoms with Crippen LogP contribution in [0.3, 0.4) is 0 Å². The van der Waals surface area contributed by atoms with Crippen molar-refractivity contribution < 1.29 is 13.2 Å². The Morgan fingerprint density at radius 2 is 1.55 bits per heavy atom. The SMILES string of the molecule is FC(F)(F)c1cccnc1N1CCN(c2ncncn2)CC1. The number of halogens is 3. The normalized spacial score (nSPS) is 16.0. The number of hydrogen-bond donors (Lipinski definition) is 0. The van der Waals surface area contributed by atoms with E-state index in [2.05, 4.69) is 19.9 Å². The molecule has 2 aromatic rings. The number of rotatable bonds is 2. The number of aromatic nitrogens is 4. The molecule has 2 aromatic heterocycles. The Morgan fingerprint density at radius 1 is 0.909 bits per heavy atom. The molecular weight excluding hydrogens is 297 g/mol. The average molecular weight is 310 g/mol. The molecule has 1 aliphatic heterocycles. The van der Waals surface area contributed by atoms with Crippen LogP contribution in [0, 0.1) is 0 Å². The molecule has 0 spiro atoms. The van der Waals surface area contributed by atoms with Gasteiger partial charge < -0.3 is 9.80 Å². The first-order valence-corrected chi connectivity index (χ1v) is 6.70. The second-order valence-corrected chi connectivity index (χ2v) is 4.78. The Balaban J connectivity index is 1.75. The van der Waals surface area contributed by atoms with E-state index in [4.69, 9.17) is 0 Å². The van der Waals surface area contributed by atoms with Crippen molar-refractivity contribution in [2.45, 2.75) is 6.18 Å². The Labute approximate surface area is 124 Å². The monoisotopic (exact) mass is 310 g/mol. The van der Waals surface area contributed by atoms with Crippen molar-refractivity contribution in [1.29, 1.82) is 0 Å². The van der Waals surface area contributed by atoms with Gasteiger partial charge in [0.15, 0.2) is 0 Å². The topological polar surface area (TPSA) is 58.0 Å². The molecule has 0 amide bonds. The predicted molar refractivity (Wildman–Crippen MR) is 73.5 cm³/mol. The zero-order chi connectivity index (χ0) is 15.6. The molecule has 0 unspecified atom stereocenters. The van der Waals surface area contributed by atoms with E-state index in [1.54, 1.807) is 4.90 Å². The molecule has 0 aliphatic carbocycles. The third-order valence-electron chi connectivity index (χ3n) is 3.43. The quantitative estimate of drug-likeness (QED) is 0.840. The van der Waals surface area contributed by atoms with Gasteiger partial charge >= 0.3 is 6.18 Å². The van der Waals surface area contributed by atoms with Crippen LogP contribution in [-0.2, 0) is 6.18 Å². The highest BCUT2D eigenvalue weighted by Crippen LogP contribution is 2.35. The smallest absolute Gasteiger partial charge is 0.353 e. The van der Waals surface area contributed by atoms with E-state index in [9.17, 15) is 13.2 Å². The van der Waals surface area contributed by atoms with Crippen molar-refractivity contribution >= 4 is 11.8 Å². The largest absolute Gasteiger partial charge is 0.419 e. The molecule has 116 valence electrons. The van der Waals surface area contributed by atoms with Crippen LogP contribution in [0.4, 0.5) is 24.9 Å². The minimum atomic E-state index is -4.41. The van der Waals surface area contributed by atoms with Gasteiger partial charge in [0.05, 0.1) is 5.56 Å². The molecule has 6 nitrogen and oxygen atoms in total. The van der Waals surface area contributed by atoms with Crippen LogP contribution in [0.1, 0.15) is 5.56 Å². The standard InChI is InChI=1S/C13H13F3N6/c14-13(15,16)10-2-1-3-18-11(10)21-4-6-22(7-5-21)12-19-8-17-9-20-12/h1-3,8-9H,4-7H2. The lowest BCUT2D eigenvalue weighted by molar-refractivity contribution is -0.137. The Kier molecular flexibility index (Phi) is 3.78. The number of pyridine rings is 1. The van der Waals surface area contributed by atoms with Crippen LogP contribution < -0.4 is 9.80 Å². The first-order valence-electron chi connectivity index (χ1n) is 6.70. The van der Waals surface area contributed by atoms with Crippen molar-refractivity contribution in [3.8, 4) is 0 Å². The summed E-state index contributed by atoms with van der Waals surface area (Å²) in [6.07, 6.45) is -0.234. The van der Waals surface area contributed by atoms with Crippen LogP contribution in [0.15, 0.2) is 31.0 Å². The summed E-state index contributed by atoms with van der Waals surface area (Å²) in [5.41, 5.74) is -0.705. The fraction of sp³-hybridized carbons (Fsp3) is 0.385. The molecule has 22 heavy (non-hydrogen) atoms. The van der Waals surface area contributed by atoms with E-state index < -0.39 is 11.7 Å². The van der Waals surface area contributed by atoms with Gasteiger partial charge in [-0.25, -0.2) is 19.9 Å². The summed E-state index contributed by atoms with van der Waals surface area (Å²) in [7, 11) is 0. The van der Waals surface area contributed by atoms with Gasteiger partial charge in [-0.3, -0.25) is 0 Å². The zero-order valence-electron chi connectivity index (χ0n) is 11.5. The van der Waals surface area contributed by atoms with Crippen molar-refractivity contribution in [3.63, 3.8) is 0 Å². The minimum absolute atomic E-state index is 0.0229. The average Bonchev–Trinajstić information content (AvgIpc) is 2.55. The fourth-order valence-electron chi connectivity index (χ4n) is 2.38. The van der Waals surface area contributed by atoms with E-state index in [0.717, 1.165) is 6.07 Å². The summed E-state index contributed by atoms with van der Waals surface area (Å²) in [6.45, 7) is 1.90. The highest BCUT2D eigenvalue weighted by molar-refractivity contribution is 5.50. The van der Waals surface area contributed by atoms with Gasteiger partial charge in [-0.2, -0.15) is 13.2 Å². The molecule has 1 saturated heterocycles. The summed E-state index contributed by atoms with van der Waals surface area (Å²) in [6, 6.07) is 2.36. The lowest BCUT2D eigenvalue weighted by Gasteiger charge is -2.36. The van der Waals surface area contributed by atoms with Gasteiger partial charge in [0.2, 0.25) is 5.95 Å². The summed E-state index contributed by atoms with van der Waals surface area (Å²) in [5, 5.41) is 0. The molecule has 3 heterocycles. The van der Waals surface area contributed by atoms with Gasteiger partial charge in [-0.1, -0.05) is 0 Å². The third-order valence-corrected chi connectivity index (χ3v) is 3.43. The molecule has 0 atom stereocenters. The van der Waals surface area contributed by atoms with Gasteiger partial charge in [-0.05, 0) is 12.1 Å². The third kappa shape index (κ3) is 2.92. The maximum absolute atomic E-state index is 13.0. The second-order valence-electron chi connectivity index (χ2n) is 4.78. The minimum Gasteiger partial charge on any atom is -0.353 e. The molecule has 0 radical (unpaired) electrons. The maximum atomic E-state index is 13.0. The van der Waals surface area contributed by atoms with E-state index >= 15 is 0 Å². The first kappa shape index (κ1) is 14.5. The van der Waals surface area contributed by atoms with E-state index in [-0.39, 0.29) is 5.82 Å². The molecule has 0 bridgehead atoms. The number of nitrogens with zero attached hydrogens (tertiary/aromatic N) is 6. The lowest BCUT2D eigenvalue weighted by atomic mass is 10.2. The van der Waals surface area contributed by atoms with Crippen LogP contribution in [0.2, 0.25) is 0 Å². The Hall–Kier alpha value is -2.45. The lowest BCUT2D eigenvalue weighted by Crippen LogP contribution is -2.48. The number of alkyl halides is 3. The highest BCUT2D eigenvalue weighted by Gasteiger charge is 2.36. The highest BCUT2D eigenvalue weighted by atomic mass is 19.4. The number of piperazine rings is 1. The van der Waals surface area contributed by atoms with Gasteiger partial charge in [0.1, 0.15) is 18.5 Å². The first-order chi connectivity index (χ1) is 10.6. The van der Waals surface area contributed by atoms with Gasteiger partial charge in [-0.15, -0.1) is 0 Å². The summed E-state index contributed by atoms with van der Waals surface area (Å²) in [5.74, 6) is 0.511. The van der Waals surface area contributed by atoms with Crippen LogP contribution in [0.25, 0.3) is 0 Å². The van der Waals surface area contributed by atoms with Crippen LogP contribution >= 0.6 is 0 Å². The Bertz CT molecular complexity index is 625. The van der Waals surface area contributed by atoms with Crippen LogP contribution in [-0.4, -0.2) is 46.1 Å². The van der Waals surface area contributed by atoms with Crippen molar-refractivity contribution in [2.24, 2.45) is 0 Å². The number of anilines is 2. The molecule has 1 aliphatic rings. The fourth-order valence-corrected chi connectivity index (χ4v) is 2.38. The summed E-state index contributed by atoms with van der Waals surface area (Å²) < 4.78 is 39.1.